The Morgan fingerprint density at radius 2 is 2.08 bits per heavy atom. The van der Waals surface area contributed by atoms with Gasteiger partial charge in [0.05, 0.1) is 18.0 Å². The summed E-state index contributed by atoms with van der Waals surface area (Å²) < 4.78 is 5.36. The molecule has 1 atom stereocenters. The van der Waals surface area contributed by atoms with E-state index in [0.717, 1.165) is 65.6 Å². The number of anilines is 1. The molecule has 130 valence electrons. The summed E-state index contributed by atoms with van der Waals surface area (Å²) >= 11 is 0. The molecule has 2 heterocycles. The van der Waals surface area contributed by atoms with Gasteiger partial charge in [-0.25, -0.2) is 9.97 Å². The van der Waals surface area contributed by atoms with Gasteiger partial charge in [0.15, 0.2) is 0 Å². The molecule has 0 radical (unpaired) electrons. The van der Waals surface area contributed by atoms with E-state index in [9.17, 15) is 5.11 Å². The molecule has 0 saturated carbocycles. The van der Waals surface area contributed by atoms with E-state index in [2.05, 4.69) is 39.1 Å². The highest BCUT2D eigenvalue weighted by Crippen LogP contribution is 2.33. The van der Waals surface area contributed by atoms with Crippen LogP contribution in [0.4, 0.5) is 5.82 Å². The Hall–Kier alpha value is -2.40. The molecule has 0 bridgehead atoms. The van der Waals surface area contributed by atoms with E-state index in [0.29, 0.717) is 5.92 Å². The fraction of sp³-hybridized carbons (Fsp3) is 0.400. The van der Waals surface area contributed by atoms with Gasteiger partial charge < -0.3 is 14.7 Å². The van der Waals surface area contributed by atoms with E-state index in [1.54, 1.807) is 13.4 Å². The molecule has 1 N–H and O–H groups in total. The first-order valence-electron chi connectivity index (χ1n) is 8.87. The van der Waals surface area contributed by atoms with Gasteiger partial charge in [-0.3, -0.25) is 0 Å². The molecule has 0 aliphatic carbocycles. The summed E-state index contributed by atoms with van der Waals surface area (Å²) in [6.45, 7) is 2.17. The largest absolute Gasteiger partial charge is 0.497 e. The predicted molar refractivity (Wildman–Crippen MR) is 100 cm³/mol. The smallest absolute Gasteiger partial charge is 0.140 e. The lowest BCUT2D eigenvalue weighted by atomic mass is 10.0. The van der Waals surface area contributed by atoms with Crippen molar-refractivity contribution in [1.29, 1.82) is 0 Å². The molecule has 1 aliphatic heterocycles. The average molecular weight is 337 g/mol. The number of hydrogen-bond donors (Lipinski definition) is 1. The zero-order valence-electron chi connectivity index (χ0n) is 14.5. The van der Waals surface area contributed by atoms with Gasteiger partial charge in [-0.05, 0) is 60.2 Å². The zero-order valence-corrected chi connectivity index (χ0v) is 14.5. The minimum atomic E-state index is 0.279. The Morgan fingerprint density at radius 1 is 1.16 bits per heavy atom. The van der Waals surface area contributed by atoms with Crippen LogP contribution >= 0.6 is 0 Å². The Morgan fingerprint density at radius 3 is 2.92 bits per heavy atom. The molecule has 4 rings (SSSR count). The van der Waals surface area contributed by atoms with Gasteiger partial charge >= 0.3 is 0 Å². The van der Waals surface area contributed by atoms with Crippen molar-refractivity contribution in [2.45, 2.75) is 19.3 Å². The number of rotatable bonds is 3. The lowest BCUT2D eigenvalue weighted by Gasteiger charge is -2.23. The van der Waals surface area contributed by atoms with E-state index in [-0.39, 0.29) is 6.61 Å². The van der Waals surface area contributed by atoms with Crippen LogP contribution in [-0.4, -0.2) is 41.9 Å². The summed E-state index contributed by atoms with van der Waals surface area (Å²) in [5.41, 5.74) is 0.964. The number of aliphatic hydroxyl groups excluding tert-OH is 1. The van der Waals surface area contributed by atoms with Crippen molar-refractivity contribution in [3.05, 3.63) is 36.7 Å². The molecular weight excluding hydrogens is 314 g/mol. The second-order valence-corrected chi connectivity index (χ2v) is 6.71. The van der Waals surface area contributed by atoms with Gasteiger partial charge in [-0.15, -0.1) is 0 Å². The third-order valence-electron chi connectivity index (χ3n) is 5.21. The third kappa shape index (κ3) is 3.00. The maximum atomic E-state index is 9.48. The molecule has 5 nitrogen and oxygen atoms in total. The summed E-state index contributed by atoms with van der Waals surface area (Å²) in [6.07, 6.45) is 4.81. The van der Waals surface area contributed by atoms with Gasteiger partial charge in [0, 0.05) is 19.7 Å². The van der Waals surface area contributed by atoms with Crippen LogP contribution in [0.1, 0.15) is 19.3 Å². The van der Waals surface area contributed by atoms with Crippen LogP contribution in [0.25, 0.3) is 21.7 Å². The Labute approximate surface area is 147 Å². The highest BCUT2D eigenvalue weighted by Gasteiger charge is 2.20. The lowest BCUT2D eigenvalue weighted by molar-refractivity contribution is 0.215. The number of methoxy groups -OCH3 is 1. The molecule has 1 saturated heterocycles. The molecule has 1 unspecified atom stereocenters. The number of nitrogens with zero attached hydrogens (tertiary/aromatic N) is 3. The van der Waals surface area contributed by atoms with Crippen LogP contribution in [0.2, 0.25) is 0 Å². The van der Waals surface area contributed by atoms with Crippen molar-refractivity contribution in [1.82, 2.24) is 9.97 Å². The second-order valence-electron chi connectivity index (χ2n) is 6.71. The molecule has 1 fully saturated rings. The van der Waals surface area contributed by atoms with Gasteiger partial charge in [-0.2, -0.15) is 0 Å². The van der Waals surface area contributed by atoms with Crippen LogP contribution < -0.4 is 9.64 Å². The minimum absolute atomic E-state index is 0.279. The lowest BCUT2D eigenvalue weighted by Crippen LogP contribution is -2.25. The minimum Gasteiger partial charge on any atom is -0.497 e. The first-order chi connectivity index (χ1) is 12.3. The quantitative estimate of drug-likeness (QED) is 0.743. The Kier molecular flexibility index (Phi) is 4.40. The van der Waals surface area contributed by atoms with Crippen molar-refractivity contribution in [2.24, 2.45) is 5.92 Å². The van der Waals surface area contributed by atoms with Gasteiger partial charge in [-0.1, -0.05) is 6.07 Å². The number of ether oxygens (including phenoxy) is 1. The van der Waals surface area contributed by atoms with Crippen LogP contribution in [0.15, 0.2) is 36.7 Å². The highest BCUT2D eigenvalue weighted by molar-refractivity contribution is 6.11. The van der Waals surface area contributed by atoms with Crippen LogP contribution in [0.5, 0.6) is 5.75 Å². The SMILES string of the molecule is COc1ccc2c(ccc3ncnc(N4CCCC(CO)CC4)c32)c1. The summed E-state index contributed by atoms with van der Waals surface area (Å²) in [5, 5.41) is 12.9. The maximum absolute atomic E-state index is 9.48. The molecule has 1 aliphatic rings. The van der Waals surface area contributed by atoms with Gasteiger partial charge in [0.1, 0.15) is 17.9 Å². The molecule has 1 aromatic heterocycles. The summed E-state index contributed by atoms with van der Waals surface area (Å²) in [7, 11) is 1.69. The maximum Gasteiger partial charge on any atom is 0.140 e. The first kappa shape index (κ1) is 16.1. The predicted octanol–water partition coefficient (Wildman–Crippen LogP) is 3.39. The summed E-state index contributed by atoms with van der Waals surface area (Å²) in [6, 6.07) is 10.3. The van der Waals surface area contributed by atoms with Gasteiger partial charge in [0.25, 0.3) is 0 Å². The first-order valence-corrected chi connectivity index (χ1v) is 8.87. The van der Waals surface area contributed by atoms with E-state index in [1.807, 2.05) is 6.07 Å². The fourth-order valence-electron chi connectivity index (χ4n) is 3.78. The van der Waals surface area contributed by atoms with Crippen molar-refractivity contribution in [2.75, 3.05) is 31.7 Å². The Bertz CT molecular complexity index is 897. The van der Waals surface area contributed by atoms with E-state index in [1.165, 1.54) is 0 Å². The number of benzene rings is 2. The topological polar surface area (TPSA) is 58.5 Å². The van der Waals surface area contributed by atoms with Crippen molar-refractivity contribution < 1.29 is 9.84 Å². The molecule has 2 aromatic carbocycles. The van der Waals surface area contributed by atoms with Crippen LogP contribution in [0, 0.1) is 5.92 Å². The van der Waals surface area contributed by atoms with Crippen molar-refractivity contribution >= 4 is 27.5 Å². The molecule has 0 amide bonds. The number of aromatic nitrogens is 2. The molecular formula is C20H23N3O2. The normalized spacial score (nSPS) is 18.5. The molecule has 3 aromatic rings. The molecule has 25 heavy (non-hydrogen) atoms. The summed E-state index contributed by atoms with van der Waals surface area (Å²) in [5.74, 6) is 2.25. The van der Waals surface area contributed by atoms with Crippen LogP contribution in [-0.2, 0) is 0 Å². The third-order valence-corrected chi connectivity index (χ3v) is 5.21. The van der Waals surface area contributed by atoms with E-state index >= 15 is 0 Å². The van der Waals surface area contributed by atoms with Crippen molar-refractivity contribution in [3.63, 3.8) is 0 Å². The van der Waals surface area contributed by atoms with Gasteiger partial charge in [0.2, 0.25) is 0 Å². The zero-order chi connectivity index (χ0) is 17.2. The van der Waals surface area contributed by atoms with Crippen LogP contribution in [0.3, 0.4) is 0 Å². The van der Waals surface area contributed by atoms with E-state index in [4.69, 9.17) is 4.74 Å². The highest BCUT2D eigenvalue weighted by atomic mass is 16.5. The van der Waals surface area contributed by atoms with Crippen molar-refractivity contribution in [3.8, 4) is 5.75 Å². The summed E-state index contributed by atoms with van der Waals surface area (Å²) in [4.78, 5) is 11.5. The molecule has 5 heteroatoms. The monoisotopic (exact) mass is 337 g/mol. The average Bonchev–Trinajstić information content (AvgIpc) is 2.92. The number of fused-ring (bicyclic) bond motifs is 3. The molecule has 0 spiro atoms. The number of aliphatic hydroxyl groups is 1. The number of hydrogen-bond acceptors (Lipinski definition) is 5. The standard InChI is InChI=1S/C20H23N3O2/c1-25-16-5-6-17-15(11-16)4-7-18-19(17)20(22-13-21-18)23-9-2-3-14(12-24)8-10-23/h4-7,11,13-14,24H,2-3,8-10,12H2,1H3. The second kappa shape index (κ2) is 6.84. The van der Waals surface area contributed by atoms with E-state index < -0.39 is 0 Å². The Balaban J connectivity index is 1.84. The fourth-order valence-corrected chi connectivity index (χ4v) is 3.78.